The van der Waals surface area contributed by atoms with E-state index in [1.165, 1.54) is 0 Å². The second-order valence-electron chi connectivity index (χ2n) is 1.23. The molecule has 0 aromatic carbocycles. The summed E-state index contributed by atoms with van der Waals surface area (Å²) in [4.78, 5) is 20.1. The number of hydrogen-bond donors (Lipinski definition) is 2. The van der Waals surface area contributed by atoms with Crippen molar-refractivity contribution < 1.29 is 32.0 Å². The maximum atomic E-state index is 10.1. The maximum absolute atomic E-state index is 10.1. The van der Waals surface area contributed by atoms with Crippen molar-refractivity contribution in [1.82, 2.24) is 10.6 Å². The Morgan fingerprint density at radius 1 is 1.33 bits per heavy atom. The summed E-state index contributed by atoms with van der Waals surface area (Å²) in [5.74, 6) is -0.259. The van der Waals surface area contributed by atoms with E-state index in [1.807, 2.05) is 5.32 Å². The molecule has 1 rings (SSSR count). The van der Waals surface area contributed by atoms with Gasteiger partial charge in [0.05, 0.1) is 6.54 Å². The Kier molecular flexibility index (Phi) is 6.27. The van der Waals surface area contributed by atoms with E-state index in [2.05, 4.69) is 5.32 Å². The summed E-state index contributed by atoms with van der Waals surface area (Å²) in [5.41, 5.74) is 0. The molecule has 1 aliphatic heterocycles. The van der Waals surface area contributed by atoms with Crippen LogP contribution >= 0.6 is 12.4 Å². The second kappa shape index (κ2) is 4.81. The Morgan fingerprint density at radius 2 is 1.89 bits per heavy atom. The third-order valence-electron chi connectivity index (χ3n) is 0.662. The summed E-state index contributed by atoms with van der Waals surface area (Å²) in [6.45, 7) is 0.124. The van der Waals surface area contributed by atoms with Gasteiger partial charge in [-0.25, -0.2) is 4.79 Å². The fourth-order valence-electron chi connectivity index (χ4n) is 0.376. The minimum atomic E-state index is -0.398. The number of carbonyl (C=O) groups is 2. The van der Waals surface area contributed by atoms with E-state index in [0.29, 0.717) is 0 Å². The zero-order valence-electron chi connectivity index (χ0n) is 4.20. The van der Waals surface area contributed by atoms with Crippen LogP contribution in [0.1, 0.15) is 0 Å². The average molecular weight is 332 g/mol. The van der Waals surface area contributed by atoms with E-state index in [1.54, 1.807) is 0 Å². The number of halogens is 1. The van der Waals surface area contributed by atoms with E-state index in [9.17, 15) is 9.59 Å². The predicted octanol–water partition coefficient (Wildman–Crippen LogP) is -0.487. The first-order valence-corrected chi connectivity index (χ1v) is 1.87. The van der Waals surface area contributed by atoms with Crippen LogP contribution in [0.2, 0.25) is 0 Å². The normalized spacial score (nSPS) is 14.7. The largest absolute Gasteiger partial charge is 0.329 e. The summed E-state index contributed by atoms with van der Waals surface area (Å²) in [5, 5.41) is 4.30. The molecule has 56 valence electrons. The summed E-state index contributed by atoms with van der Waals surface area (Å²) >= 11 is 0. The summed E-state index contributed by atoms with van der Waals surface area (Å²) in [6, 6.07) is -0.398. The number of rotatable bonds is 0. The number of carbonyl (C=O) groups excluding carboxylic acids is 2. The van der Waals surface area contributed by atoms with Crippen LogP contribution in [0.4, 0.5) is 4.79 Å². The molecular formula is C3H4AuClN2O2. The second-order valence-corrected chi connectivity index (χ2v) is 1.23. The first-order chi connectivity index (χ1) is 3.29. The smallest absolute Gasteiger partial charge is 0.321 e. The standard InChI is InChI=1S/C3H4N2O2.Au.Cl/c6-2-1-4-3(7)5-2;;/h1H2,(H2,4,5,6,7);;. The van der Waals surface area contributed by atoms with Crippen molar-refractivity contribution >= 4 is 24.3 Å². The topological polar surface area (TPSA) is 58.2 Å². The molecule has 0 saturated carbocycles. The average Bonchev–Trinajstić information content (AvgIpc) is 1.87. The fourth-order valence-corrected chi connectivity index (χ4v) is 0.376. The van der Waals surface area contributed by atoms with Crippen molar-refractivity contribution in [3.63, 3.8) is 0 Å². The van der Waals surface area contributed by atoms with Crippen molar-refractivity contribution in [3.05, 3.63) is 0 Å². The molecule has 0 atom stereocenters. The molecule has 4 nitrogen and oxygen atoms in total. The van der Waals surface area contributed by atoms with Crippen LogP contribution in [0.15, 0.2) is 0 Å². The Balaban J connectivity index is 0. The Hall–Kier alpha value is -0.0297. The van der Waals surface area contributed by atoms with E-state index < -0.39 is 6.03 Å². The zero-order chi connectivity index (χ0) is 5.28. The number of hydrogen-bond acceptors (Lipinski definition) is 2. The van der Waals surface area contributed by atoms with Crippen LogP contribution in [0.3, 0.4) is 0 Å². The van der Waals surface area contributed by atoms with Gasteiger partial charge in [-0.05, 0) is 0 Å². The maximum Gasteiger partial charge on any atom is 0.321 e. The Labute approximate surface area is 73.7 Å². The van der Waals surface area contributed by atoms with Gasteiger partial charge < -0.3 is 5.32 Å². The van der Waals surface area contributed by atoms with Crippen molar-refractivity contribution in [2.45, 2.75) is 0 Å². The van der Waals surface area contributed by atoms with Gasteiger partial charge in [-0.1, -0.05) is 0 Å². The SMILES string of the molecule is O=C1CNC(=O)N1.[Au].[Cl]. The predicted molar refractivity (Wildman–Crippen MR) is 27.4 cm³/mol. The van der Waals surface area contributed by atoms with Crippen LogP contribution in [-0.4, -0.2) is 18.5 Å². The van der Waals surface area contributed by atoms with Crippen LogP contribution in [-0.2, 0) is 27.2 Å². The van der Waals surface area contributed by atoms with E-state index in [-0.39, 0.29) is 47.2 Å². The molecule has 0 spiro atoms. The molecule has 0 aromatic heterocycles. The van der Waals surface area contributed by atoms with Crippen LogP contribution < -0.4 is 10.6 Å². The molecule has 3 amide bonds. The molecule has 1 aliphatic rings. The summed E-state index contributed by atoms with van der Waals surface area (Å²) in [6.07, 6.45) is 0. The third kappa shape index (κ3) is 3.53. The van der Waals surface area contributed by atoms with Crippen molar-refractivity contribution in [2.75, 3.05) is 6.54 Å². The minimum absolute atomic E-state index is 0. The van der Waals surface area contributed by atoms with Gasteiger partial charge in [0.1, 0.15) is 0 Å². The molecule has 2 N–H and O–H groups in total. The van der Waals surface area contributed by atoms with Gasteiger partial charge >= 0.3 is 6.03 Å². The van der Waals surface area contributed by atoms with Crippen LogP contribution in [0.25, 0.3) is 0 Å². The summed E-state index contributed by atoms with van der Waals surface area (Å²) in [7, 11) is 0. The Morgan fingerprint density at radius 3 is 2.00 bits per heavy atom. The van der Waals surface area contributed by atoms with Crippen LogP contribution in [0.5, 0.6) is 0 Å². The van der Waals surface area contributed by atoms with Gasteiger partial charge in [0.2, 0.25) is 5.91 Å². The van der Waals surface area contributed by atoms with Gasteiger partial charge in [-0.3, -0.25) is 10.1 Å². The quantitative estimate of drug-likeness (QED) is 0.465. The first kappa shape index (κ1) is 11.7. The van der Waals surface area contributed by atoms with Gasteiger partial charge in [-0.2, -0.15) is 0 Å². The van der Waals surface area contributed by atoms with Crippen molar-refractivity contribution in [2.24, 2.45) is 0 Å². The molecular weight excluding hydrogens is 328 g/mol. The third-order valence-corrected chi connectivity index (χ3v) is 0.662. The molecule has 6 heteroatoms. The van der Waals surface area contributed by atoms with Crippen molar-refractivity contribution in [3.8, 4) is 0 Å². The monoisotopic (exact) mass is 332 g/mol. The van der Waals surface area contributed by atoms with Gasteiger partial charge in [0.25, 0.3) is 0 Å². The zero-order valence-corrected chi connectivity index (χ0v) is 7.13. The number of imide groups is 1. The number of urea groups is 1. The fraction of sp³-hybridized carbons (Fsp3) is 0.333. The first-order valence-electron chi connectivity index (χ1n) is 1.87. The molecule has 0 aliphatic carbocycles. The molecule has 1 heterocycles. The Bertz CT molecular complexity index is 115. The van der Waals surface area contributed by atoms with Crippen LogP contribution in [0, 0.1) is 0 Å². The van der Waals surface area contributed by atoms with Gasteiger partial charge in [0.15, 0.2) is 0 Å². The van der Waals surface area contributed by atoms with E-state index in [0.717, 1.165) is 0 Å². The minimum Gasteiger partial charge on any atom is -0.329 e. The van der Waals surface area contributed by atoms with E-state index >= 15 is 0 Å². The summed E-state index contributed by atoms with van der Waals surface area (Å²) < 4.78 is 0. The van der Waals surface area contributed by atoms with Gasteiger partial charge in [0, 0.05) is 34.8 Å². The van der Waals surface area contributed by atoms with Gasteiger partial charge in [-0.15, -0.1) is 0 Å². The molecule has 1 saturated heterocycles. The van der Waals surface area contributed by atoms with Crippen molar-refractivity contribution in [1.29, 1.82) is 0 Å². The number of amides is 3. The molecule has 0 bridgehead atoms. The van der Waals surface area contributed by atoms with E-state index in [4.69, 9.17) is 0 Å². The molecule has 1 fully saturated rings. The molecule has 2 radical (unpaired) electrons. The number of nitrogens with one attached hydrogen (secondary N) is 2. The molecule has 0 aromatic rings. The molecule has 9 heavy (non-hydrogen) atoms. The molecule has 0 unspecified atom stereocenters.